The minimum Gasteiger partial charge on any atom is -0.349 e. The van der Waals surface area contributed by atoms with Gasteiger partial charge in [-0.3, -0.25) is 9.69 Å². The van der Waals surface area contributed by atoms with Crippen molar-refractivity contribution in [3.8, 4) is 28.2 Å². The van der Waals surface area contributed by atoms with E-state index in [1.165, 1.54) is 5.56 Å². The largest absolute Gasteiger partial charge is 0.349 e. The third-order valence-corrected chi connectivity index (χ3v) is 7.39. The number of aromatic nitrogens is 2. The fourth-order valence-corrected chi connectivity index (χ4v) is 5.24. The summed E-state index contributed by atoms with van der Waals surface area (Å²) in [5.41, 5.74) is 7.00. The van der Waals surface area contributed by atoms with Crippen LogP contribution in [0.4, 0.5) is 0 Å². The summed E-state index contributed by atoms with van der Waals surface area (Å²) in [7, 11) is 0. The van der Waals surface area contributed by atoms with Gasteiger partial charge in [-0.2, -0.15) is 5.10 Å². The Morgan fingerprint density at radius 3 is 1.97 bits per heavy atom. The maximum absolute atomic E-state index is 13.1. The van der Waals surface area contributed by atoms with Crippen LogP contribution in [-0.2, 0) is 6.54 Å². The second kappa shape index (κ2) is 11.5. The number of hydrogen-bond acceptors (Lipinski definition) is 3. The van der Waals surface area contributed by atoms with Crippen LogP contribution in [0.15, 0.2) is 121 Å². The molecule has 2 heterocycles. The van der Waals surface area contributed by atoms with Crippen molar-refractivity contribution < 1.29 is 4.79 Å². The Labute approximate surface area is 229 Å². The Balaban J connectivity index is 1.14. The van der Waals surface area contributed by atoms with Crippen LogP contribution in [0.1, 0.15) is 28.8 Å². The molecule has 1 aliphatic rings. The quantitative estimate of drug-likeness (QED) is 0.267. The lowest BCUT2D eigenvalue weighted by Crippen LogP contribution is -2.44. The molecule has 194 valence electrons. The zero-order chi connectivity index (χ0) is 26.4. The summed E-state index contributed by atoms with van der Waals surface area (Å²) >= 11 is 0. The molecule has 0 spiro atoms. The molecular formula is C34H32N4O. The summed E-state index contributed by atoms with van der Waals surface area (Å²) in [5, 5.41) is 8.20. The van der Waals surface area contributed by atoms with Crippen molar-refractivity contribution in [3.63, 3.8) is 0 Å². The van der Waals surface area contributed by atoms with Crippen LogP contribution in [0.2, 0.25) is 0 Å². The fraction of sp³-hybridized carbons (Fsp3) is 0.176. The van der Waals surface area contributed by atoms with Crippen molar-refractivity contribution in [2.24, 2.45) is 0 Å². The number of carbonyl (C=O) groups excluding carboxylic acids is 1. The Morgan fingerprint density at radius 2 is 1.33 bits per heavy atom. The van der Waals surface area contributed by atoms with Crippen LogP contribution in [0.5, 0.6) is 0 Å². The standard InChI is InChI=1S/C34H32N4O/c39-34(35-30-20-22-37(23-21-30)25-26-10-4-1-5-11-26)29-16-18-31(19-17-29)38-33(28-14-8-3-9-15-28)24-32(36-38)27-12-6-2-7-13-27/h1-19,24,30H,20-23,25H2,(H,35,39). The predicted octanol–water partition coefficient (Wildman–Crippen LogP) is 6.60. The van der Waals surface area contributed by atoms with E-state index in [2.05, 4.69) is 70.9 Å². The summed E-state index contributed by atoms with van der Waals surface area (Å²) in [4.78, 5) is 15.5. The van der Waals surface area contributed by atoms with Crippen molar-refractivity contribution in [1.82, 2.24) is 20.0 Å². The zero-order valence-electron chi connectivity index (χ0n) is 21.9. The van der Waals surface area contributed by atoms with E-state index in [1.807, 2.05) is 65.3 Å². The van der Waals surface area contributed by atoms with Crippen LogP contribution in [0, 0.1) is 0 Å². The van der Waals surface area contributed by atoms with E-state index in [1.54, 1.807) is 0 Å². The highest BCUT2D eigenvalue weighted by Gasteiger charge is 2.21. The lowest BCUT2D eigenvalue weighted by atomic mass is 10.0. The lowest BCUT2D eigenvalue weighted by Gasteiger charge is -2.32. The van der Waals surface area contributed by atoms with Gasteiger partial charge in [0.15, 0.2) is 0 Å². The number of benzene rings is 4. The molecule has 0 aliphatic carbocycles. The average Bonchev–Trinajstić information content (AvgIpc) is 3.45. The van der Waals surface area contributed by atoms with Crippen molar-refractivity contribution in [2.45, 2.75) is 25.4 Å². The molecule has 1 N–H and O–H groups in total. The zero-order valence-corrected chi connectivity index (χ0v) is 21.9. The first-order chi connectivity index (χ1) is 19.2. The number of carbonyl (C=O) groups is 1. The molecule has 5 nitrogen and oxygen atoms in total. The first-order valence-electron chi connectivity index (χ1n) is 13.6. The summed E-state index contributed by atoms with van der Waals surface area (Å²) in [5.74, 6) is -0.0169. The number of piperidine rings is 1. The maximum Gasteiger partial charge on any atom is 0.251 e. The van der Waals surface area contributed by atoms with Gasteiger partial charge < -0.3 is 5.32 Å². The number of rotatable bonds is 7. The van der Waals surface area contributed by atoms with E-state index in [0.29, 0.717) is 5.56 Å². The second-order valence-corrected chi connectivity index (χ2v) is 10.1. The highest BCUT2D eigenvalue weighted by Crippen LogP contribution is 2.29. The van der Waals surface area contributed by atoms with Gasteiger partial charge in [0.2, 0.25) is 0 Å². The van der Waals surface area contributed by atoms with E-state index in [4.69, 9.17) is 5.10 Å². The highest BCUT2D eigenvalue weighted by molar-refractivity contribution is 5.94. The van der Waals surface area contributed by atoms with Crippen molar-refractivity contribution in [3.05, 3.63) is 132 Å². The normalized spacial score (nSPS) is 14.3. The molecule has 0 atom stereocenters. The Kier molecular flexibility index (Phi) is 7.32. The van der Waals surface area contributed by atoms with E-state index < -0.39 is 0 Å². The molecule has 1 aromatic heterocycles. The van der Waals surface area contributed by atoms with Gasteiger partial charge in [0.05, 0.1) is 17.1 Å². The topological polar surface area (TPSA) is 50.2 Å². The fourth-order valence-electron chi connectivity index (χ4n) is 5.24. The SMILES string of the molecule is O=C(NC1CCN(Cc2ccccc2)CC1)c1ccc(-n2nc(-c3ccccc3)cc2-c2ccccc2)cc1. The van der Waals surface area contributed by atoms with Gasteiger partial charge in [-0.25, -0.2) is 4.68 Å². The smallest absolute Gasteiger partial charge is 0.251 e. The molecule has 0 radical (unpaired) electrons. The number of nitrogens with one attached hydrogen (secondary N) is 1. The molecule has 5 aromatic rings. The van der Waals surface area contributed by atoms with Crippen LogP contribution in [0.25, 0.3) is 28.2 Å². The Morgan fingerprint density at radius 1 is 0.744 bits per heavy atom. The van der Waals surface area contributed by atoms with Crippen molar-refractivity contribution in [2.75, 3.05) is 13.1 Å². The van der Waals surface area contributed by atoms with Gasteiger partial charge in [0.1, 0.15) is 0 Å². The van der Waals surface area contributed by atoms with Crippen LogP contribution in [0.3, 0.4) is 0 Å². The number of likely N-dealkylation sites (tertiary alicyclic amines) is 1. The maximum atomic E-state index is 13.1. The molecule has 0 saturated carbocycles. The van der Waals surface area contributed by atoms with E-state index in [0.717, 1.165) is 60.7 Å². The predicted molar refractivity (Wildman–Crippen MR) is 157 cm³/mol. The monoisotopic (exact) mass is 512 g/mol. The first-order valence-corrected chi connectivity index (χ1v) is 13.6. The number of hydrogen-bond donors (Lipinski definition) is 1. The van der Waals surface area contributed by atoms with Gasteiger partial charge in [0, 0.05) is 42.4 Å². The van der Waals surface area contributed by atoms with Crippen molar-refractivity contribution >= 4 is 5.91 Å². The van der Waals surface area contributed by atoms with Gasteiger partial charge in [-0.15, -0.1) is 0 Å². The molecular weight excluding hydrogens is 480 g/mol. The summed E-state index contributed by atoms with van der Waals surface area (Å²) in [6.07, 6.45) is 1.93. The van der Waals surface area contributed by atoms with Gasteiger partial charge in [0.25, 0.3) is 5.91 Å². The molecule has 5 heteroatoms. The molecule has 4 aromatic carbocycles. The van der Waals surface area contributed by atoms with E-state index in [9.17, 15) is 4.79 Å². The average molecular weight is 513 g/mol. The Hall–Kier alpha value is -4.48. The highest BCUT2D eigenvalue weighted by atomic mass is 16.1. The second-order valence-electron chi connectivity index (χ2n) is 10.1. The summed E-state index contributed by atoms with van der Waals surface area (Å²) in [6, 6.07) is 41.1. The first kappa shape index (κ1) is 24.8. The third-order valence-electron chi connectivity index (χ3n) is 7.39. The molecule has 1 saturated heterocycles. The Bertz CT molecular complexity index is 1500. The minimum absolute atomic E-state index is 0.0169. The molecule has 0 bridgehead atoms. The molecule has 1 aliphatic heterocycles. The van der Waals surface area contributed by atoms with Gasteiger partial charge in [-0.1, -0.05) is 91.0 Å². The summed E-state index contributed by atoms with van der Waals surface area (Å²) in [6.45, 7) is 2.95. The molecule has 1 fully saturated rings. The lowest BCUT2D eigenvalue weighted by molar-refractivity contribution is 0.0909. The number of amides is 1. The van der Waals surface area contributed by atoms with E-state index in [-0.39, 0.29) is 11.9 Å². The van der Waals surface area contributed by atoms with Gasteiger partial charge >= 0.3 is 0 Å². The molecule has 0 unspecified atom stereocenters. The third kappa shape index (κ3) is 5.84. The summed E-state index contributed by atoms with van der Waals surface area (Å²) < 4.78 is 1.96. The molecule has 39 heavy (non-hydrogen) atoms. The van der Waals surface area contributed by atoms with Crippen LogP contribution >= 0.6 is 0 Å². The molecule has 6 rings (SSSR count). The molecule has 1 amide bonds. The van der Waals surface area contributed by atoms with Gasteiger partial charge in [-0.05, 0) is 48.7 Å². The van der Waals surface area contributed by atoms with Crippen LogP contribution in [-0.4, -0.2) is 39.7 Å². The minimum atomic E-state index is -0.0169. The van der Waals surface area contributed by atoms with E-state index >= 15 is 0 Å². The number of nitrogens with zero attached hydrogens (tertiary/aromatic N) is 3. The van der Waals surface area contributed by atoms with Crippen LogP contribution < -0.4 is 5.32 Å². The van der Waals surface area contributed by atoms with Crippen molar-refractivity contribution in [1.29, 1.82) is 0 Å².